The molecule has 4 rings (SSSR count). The van der Waals surface area contributed by atoms with Crippen molar-refractivity contribution in [2.24, 2.45) is 5.92 Å². The molecule has 0 amide bonds. The summed E-state index contributed by atoms with van der Waals surface area (Å²) in [7, 11) is 0. The third kappa shape index (κ3) is 2.24. The fraction of sp³-hybridized carbons (Fsp3) is 0.429. The minimum atomic E-state index is 0.375. The number of nitrogens with one attached hydrogen (secondary N) is 2. The van der Waals surface area contributed by atoms with Gasteiger partial charge in [0.25, 0.3) is 0 Å². The highest BCUT2D eigenvalue weighted by atomic mass is 15.3. The zero-order valence-electron chi connectivity index (χ0n) is 12.0. The van der Waals surface area contributed by atoms with Gasteiger partial charge in [0.15, 0.2) is 17.3 Å². The van der Waals surface area contributed by atoms with Gasteiger partial charge in [0.2, 0.25) is 0 Å². The number of aromatic amines is 1. The third-order valence-electron chi connectivity index (χ3n) is 3.95. The standard InChI is InChI=1S/C14H17N7/c1-8-5-12(20-19-8)17-13-7-15-11-6-16-21(14(11)18-13)9(2)10-3-4-10/h5-7,9-10H,3-4H2,1-2H3,(H2,17,18,19,20)/t9-/m1/s1. The predicted molar refractivity (Wildman–Crippen MR) is 79.4 cm³/mol. The molecule has 1 atom stereocenters. The molecule has 3 aromatic rings. The highest BCUT2D eigenvalue weighted by Crippen LogP contribution is 2.39. The smallest absolute Gasteiger partial charge is 0.179 e. The molecule has 0 unspecified atom stereocenters. The molecule has 21 heavy (non-hydrogen) atoms. The van der Waals surface area contributed by atoms with E-state index in [4.69, 9.17) is 0 Å². The maximum atomic E-state index is 4.64. The Morgan fingerprint density at radius 2 is 2.19 bits per heavy atom. The molecule has 3 aromatic heterocycles. The van der Waals surface area contributed by atoms with Crippen molar-refractivity contribution in [1.82, 2.24) is 29.9 Å². The summed E-state index contributed by atoms with van der Waals surface area (Å²) in [4.78, 5) is 9.06. The SMILES string of the molecule is Cc1cc(Nc2cnc3cnn([C@H](C)C4CC4)c3n2)n[nH]1. The fourth-order valence-corrected chi connectivity index (χ4v) is 2.57. The van der Waals surface area contributed by atoms with Crippen molar-refractivity contribution in [3.8, 4) is 0 Å². The third-order valence-corrected chi connectivity index (χ3v) is 3.95. The zero-order valence-corrected chi connectivity index (χ0v) is 12.0. The number of anilines is 2. The number of fused-ring (bicyclic) bond motifs is 1. The van der Waals surface area contributed by atoms with E-state index < -0.39 is 0 Å². The van der Waals surface area contributed by atoms with Gasteiger partial charge < -0.3 is 5.32 Å². The minimum absolute atomic E-state index is 0.375. The second-order valence-electron chi connectivity index (χ2n) is 5.69. The second kappa shape index (κ2) is 4.54. The molecule has 108 valence electrons. The minimum Gasteiger partial charge on any atom is -0.322 e. The summed E-state index contributed by atoms with van der Waals surface area (Å²) in [6, 6.07) is 2.30. The Morgan fingerprint density at radius 3 is 2.90 bits per heavy atom. The van der Waals surface area contributed by atoms with Crippen LogP contribution in [0.3, 0.4) is 0 Å². The Balaban J connectivity index is 1.69. The molecule has 1 aliphatic carbocycles. The summed E-state index contributed by atoms with van der Waals surface area (Å²) in [5.41, 5.74) is 2.65. The lowest BCUT2D eigenvalue weighted by Crippen LogP contribution is -2.10. The Labute approximate surface area is 121 Å². The van der Waals surface area contributed by atoms with Crippen LogP contribution in [0.25, 0.3) is 11.2 Å². The monoisotopic (exact) mass is 283 g/mol. The topological polar surface area (TPSA) is 84.3 Å². The van der Waals surface area contributed by atoms with Crippen molar-refractivity contribution in [3.05, 3.63) is 24.2 Å². The molecule has 7 heteroatoms. The summed E-state index contributed by atoms with van der Waals surface area (Å²) in [6.07, 6.45) is 6.05. The van der Waals surface area contributed by atoms with Crippen molar-refractivity contribution in [2.45, 2.75) is 32.7 Å². The van der Waals surface area contributed by atoms with Crippen LogP contribution in [0.1, 0.15) is 31.5 Å². The van der Waals surface area contributed by atoms with Gasteiger partial charge in [-0.1, -0.05) is 0 Å². The molecule has 0 bridgehead atoms. The largest absolute Gasteiger partial charge is 0.322 e. The molecule has 1 fully saturated rings. The van der Waals surface area contributed by atoms with Gasteiger partial charge in [-0.15, -0.1) is 0 Å². The highest BCUT2D eigenvalue weighted by molar-refractivity contribution is 5.72. The number of hydrogen-bond donors (Lipinski definition) is 2. The first-order valence-electron chi connectivity index (χ1n) is 7.20. The molecule has 7 nitrogen and oxygen atoms in total. The molecule has 3 heterocycles. The number of aromatic nitrogens is 6. The molecular weight excluding hydrogens is 266 g/mol. The molecule has 0 aliphatic heterocycles. The molecular formula is C14H17N7. The summed E-state index contributed by atoms with van der Waals surface area (Å²) in [5.74, 6) is 2.14. The summed E-state index contributed by atoms with van der Waals surface area (Å²) in [6.45, 7) is 4.16. The van der Waals surface area contributed by atoms with Crippen LogP contribution in [0.4, 0.5) is 11.6 Å². The van der Waals surface area contributed by atoms with Crippen molar-refractivity contribution < 1.29 is 0 Å². The Bertz CT molecular complexity index is 784. The normalized spacial score (nSPS) is 16.3. The van der Waals surface area contributed by atoms with Crippen molar-refractivity contribution in [2.75, 3.05) is 5.32 Å². The molecule has 0 saturated heterocycles. The van der Waals surface area contributed by atoms with E-state index in [9.17, 15) is 0 Å². The van der Waals surface area contributed by atoms with E-state index in [0.29, 0.717) is 11.9 Å². The van der Waals surface area contributed by atoms with Gasteiger partial charge in [-0.25, -0.2) is 14.6 Å². The molecule has 0 aromatic carbocycles. The average Bonchev–Trinajstić information content (AvgIpc) is 3.13. The number of H-pyrrole nitrogens is 1. The Kier molecular flexibility index (Phi) is 2.66. The van der Waals surface area contributed by atoms with Crippen LogP contribution in [0.5, 0.6) is 0 Å². The van der Waals surface area contributed by atoms with Crippen LogP contribution >= 0.6 is 0 Å². The number of hydrogen-bond acceptors (Lipinski definition) is 5. The predicted octanol–water partition coefficient (Wildman–Crippen LogP) is 2.57. The molecule has 1 saturated carbocycles. The Hall–Kier alpha value is -2.44. The van der Waals surface area contributed by atoms with Gasteiger partial charge in [0.05, 0.1) is 18.4 Å². The lowest BCUT2D eigenvalue weighted by atomic mass is 10.2. The lowest BCUT2D eigenvalue weighted by molar-refractivity contribution is 0.451. The van der Waals surface area contributed by atoms with Gasteiger partial charge in [-0.3, -0.25) is 5.10 Å². The quantitative estimate of drug-likeness (QED) is 0.768. The first kappa shape index (κ1) is 12.3. The van der Waals surface area contributed by atoms with Crippen LogP contribution in [0, 0.1) is 12.8 Å². The van der Waals surface area contributed by atoms with Crippen molar-refractivity contribution >= 4 is 22.8 Å². The fourth-order valence-electron chi connectivity index (χ4n) is 2.57. The van der Waals surface area contributed by atoms with E-state index >= 15 is 0 Å². The van der Waals surface area contributed by atoms with Crippen molar-refractivity contribution in [1.29, 1.82) is 0 Å². The zero-order chi connectivity index (χ0) is 14.4. The maximum absolute atomic E-state index is 4.64. The van der Waals surface area contributed by atoms with Crippen LogP contribution < -0.4 is 5.32 Å². The lowest BCUT2D eigenvalue weighted by Gasteiger charge is -2.11. The number of aryl methyl sites for hydroxylation is 1. The highest BCUT2D eigenvalue weighted by Gasteiger charge is 2.30. The molecule has 1 aliphatic rings. The van der Waals surface area contributed by atoms with E-state index in [2.05, 4.69) is 37.5 Å². The van der Waals surface area contributed by atoms with E-state index in [1.165, 1.54) is 12.8 Å². The first-order valence-corrected chi connectivity index (χ1v) is 7.20. The van der Waals surface area contributed by atoms with Gasteiger partial charge in [0.1, 0.15) is 5.52 Å². The van der Waals surface area contributed by atoms with Crippen LogP contribution in [-0.2, 0) is 0 Å². The van der Waals surface area contributed by atoms with E-state index in [-0.39, 0.29) is 0 Å². The molecule has 0 radical (unpaired) electrons. The van der Waals surface area contributed by atoms with Gasteiger partial charge in [-0.05, 0) is 32.6 Å². The Morgan fingerprint density at radius 1 is 1.33 bits per heavy atom. The molecule has 2 N–H and O–H groups in total. The first-order chi connectivity index (χ1) is 10.2. The van der Waals surface area contributed by atoms with E-state index in [1.54, 1.807) is 12.4 Å². The number of nitrogens with zero attached hydrogens (tertiary/aromatic N) is 5. The van der Waals surface area contributed by atoms with Gasteiger partial charge >= 0.3 is 0 Å². The van der Waals surface area contributed by atoms with E-state index in [0.717, 1.165) is 28.6 Å². The second-order valence-corrected chi connectivity index (χ2v) is 5.69. The van der Waals surface area contributed by atoms with E-state index in [1.807, 2.05) is 17.7 Å². The molecule has 0 spiro atoms. The van der Waals surface area contributed by atoms with Gasteiger partial charge in [-0.2, -0.15) is 10.2 Å². The summed E-state index contributed by atoms with van der Waals surface area (Å²) >= 11 is 0. The summed E-state index contributed by atoms with van der Waals surface area (Å²) in [5, 5.41) is 14.7. The van der Waals surface area contributed by atoms with Crippen LogP contribution in [0.2, 0.25) is 0 Å². The maximum Gasteiger partial charge on any atom is 0.179 e. The number of rotatable bonds is 4. The summed E-state index contributed by atoms with van der Waals surface area (Å²) < 4.78 is 1.99. The average molecular weight is 283 g/mol. The van der Waals surface area contributed by atoms with Crippen LogP contribution in [0.15, 0.2) is 18.5 Å². The van der Waals surface area contributed by atoms with Crippen molar-refractivity contribution in [3.63, 3.8) is 0 Å². The van der Waals surface area contributed by atoms with Crippen LogP contribution in [-0.4, -0.2) is 29.9 Å². The van der Waals surface area contributed by atoms with Gasteiger partial charge in [0, 0.05) is 11.8 Å².